The molecule has 0 saturated heterocycles. The number of aromatic nitrogens is 1. The van der Waals surface area contributed by atoms with Crippen LogP contribution >= 0.6 is 38.9 Å². The zero-order valence-corrected chi connectivity index (χ0v) is 13.7. The molecule has 0 aliphatic carbocycles. The molecule has 0 aliphatic heterocycles. The average Bonchev–Trinajstić information content (AvgIpc) is 2.78. The third-order valence-electron chi connectivity index (χ3n) is 3.03. The second-order valence-corrected chi connectivity index (χ2v) is 7.02. The number of para-hydroxylation sites is 1. The molecule has 2 nitrogen and oxygen atoms in total. The fourth-order valence-corrected chi connectivity index (χ4v) is 3.87. The van der Waals surface area contributed by atoms with Crippen LogP contribution in [0.15, 0.2) is 47.1 Å². The lowest BCUT2D eigenvalue weighted by atomic mass is 10.1. The van der Waals surface area contributed by atoms with E-state index in [-0.39, 0.29) is 0 Å². The van der Waals surface area contributed by atoms with Crippen molar-refractivity contribution in [3.8, 4) is 0 Å². The van der Waals surface area contributed by atoms with E-state index in [0.717, 1.165) is 27.4 Å². The molecule has 0 atom stereocenters. The van der Waals surface area contributed by atoms with Crippen LogP contribution in [-0.4, -0.2) is 4.98 Å². The summed E-state index contributed by atoms with van der Waals surface area (Å²) in [6.07, 6.45) is 1.84. The lowest BCUT2D eigenvalue weighted by molar-refractivity contribution is 0.703. The van der Waals surface area contributed by atoms with Crippen molar-refractivity contribution in [2.24, 2.45) is 0 Å². The summed E-state index contributed by atoms with van der Waals surface area (Å²) in [5, 5.41) is 4.62. The van der Waals surface area contributed by atoms with Gasteiger partial charge in [-0.15, -0.1) is 11.3 Å². The summed E-state index contributed by atoms with van der Waals surface area (Å²) in [4.78, 5) is 5.68. The van der Waals surface area contributed by atoms with Crippen molar-refractivity contribution in [3.05, 3.63) is 61.8 Å². The first-order valence-corrected chi connectivity index (χ1v) is 8.20. The van der Waals surface area contributed by atoms with Gasteiger partial charge in [0.2, 0.25) is 0 Å². The van der Waals surface area contributed by atoms with Gasteiger partial charge < -0.3 is 5.32 Å². The molecule has 1 N–H and O–H groups in total. The van der Waals surface area contributed by atoms with Gasteiger partial charge in [-0.2, -0.15) is 0 Å². The summed E-state index contributed by atoms with van der Waals surface area (Å²) in [6, 6.07) is 12.4. The average molecular weight is 368 g/mol. The summed E-state index contributed by atoms with van der Waals surface area (Å²) < 4.78 is 1.77. The molecule has 0 saturated carbocycles. The lowest BCUT2D eigenvalue weighted by Gasteiger charge is -2.06. The molecule has 0 fully saturated rings. The van der Waals surface area contributed by atoms with Crippen molar-refractivity contribution in [2.75, 3.05) is 0 Å². The number of benzene rings is 1. The molecule has 3 rings (SSSR count). The Balaban J connectivity index is 1.71. The summed E-state index contributed by atoms with van der Waals surface area (Å²) in [5.74, 6) is 0. The molecule has 3 aromatic rings. The van der Waals surface area contributed by atoms with E-state index in [4.69, 9.17) is 11.6 Å². The number of thiophene rings is 1. The first kappa shape index (κ1) is 14.0. The Morgan fingerprint density at radius 3 is 2.85 bits per heavy atom. The standard InChI is InChI=1S/C15H12BrClN2S/c16-13-7-12(20-15(13)17)9-18-8-11-4-1-3-10-5-2-6-19-14(10)11/h1-7,18H,8-9H2. The quantitative estimate of drug-likeness (QED) is 0.701. The van der Waals surface area contributed by atoms with Gasteiger partial charge in [-0.1, -0.05) is 35.9 Å². The highest BCUT2D eigenvalue weighted by Gasteiger charge is 2.05. The molecule has 1 aromatic carbocycles. The van der Waals surface area contributed by atoms with Gasteiger partial charge in [-0.25, -0.2) is 0 Å². The normalized spacial score (nSPS) is 11.1. The second-order valence-electron chi connectivity index (χ2n) is 4.43. The predicted octanol–water partition coefficient (Wildman–Crippen LogP) is 5.00. The van der Waals surface area contributed by atoms with Crippen LogP contribution in [0.4, 0.5) is 0 Å². The van der Waals surface area contributed by atoms with Gasteiger partial charge >= 0.3 is 0 Å². The minimum absolute atomic E-state index is 0.793. The van der Waals surface area contributed by atoms with Gasteiger partial charge in [0.05, 0.1) is 5.52 Å². The molecule has 0 unspecified atom stereocenters. The topological polar surface area (TPSA) is 24.9 Å². The minimum Gasteiger partial charge on any atom is -0.308 e. The summed E-state index contributed by atoms with van der Waals surface area (Å²) >= 11 is 11.1. The molecule has 0 bridgehead atoms. The van der Waals surface area contributed by atoms with Crippen LogP contribution in [0.5, 0.6) is 0 Å². The Labute approximate surface area is 134 Å². The Morgan fingerprint density at radius 1 is 1.20 bits per heavy atom. The fourth-order valence-electron chi connectivity index (χ4n) is 2.11. The fraction of sp³-hybridized carbons (Fsp3) is 0.133. The number of fused-ring (bicyclic) bond motifs is 1. The zero-order chi connectivity index (χ0) is 13.9. The highest BCUT2D eigenvalue weighted by atomic mass is 79.9. The zero-order valence-electron chi connectivity index (χ0n) is 10.6. The minimum atomic E-state index is 0.793. The van der Waals surface area contributed by atoms with E-state index in [1.807, 2.05) is 12.3 Å². The molecule has 102 valence electrons. The van der Waals surface area contributed by atoms with Gasteiger partial charge in [-0.3, -0.25) is 4.98 Å². The van der Waals surface area contributed by atoms with E-state index in [1.165, 1.54) is 15.8 Å². The maximum absolute atomic E-state index is 6.04. The van der Waals surface area contributed by atoms with Crippen molar-refractivity contribution < 1.29 is 0 Å². The predicted molar refractivity (Wildman–Crippen MR) is 89.3 cm³/mol. The lowest BCUT2D eigenvalue weighted by Crippen LogP contribution is -2.12. The van der Waals surface area contributed by atoms with E-state index in [2.05, 4.69) is 56.6 Å². The SMILES string of the molecule is Clc1sc(CNCc2cccc3cccnc23)cc1Br. The number of rotatable bonds is 4. The Morgan fingerprint density at radius 2 is 2.05 bits per heavy atom. The smallest absolute Gasteiger partial charge is 0.107 e. The number of nitrogens with zero attached hydrogens (tertiary/aromatic N) is 1. The van der Waals surface area contributed by atoms with Crippen molar-refractivity contribution in [2.45, 2.75) is 13.1 Å². The second kappa shape index (κ2) is 6.22. The Hall–Kier alpha value is -0.940. The van der Waals surface area contributed by atoms with E-state index in [0.29, 0.717) is 0 Å². The van der Waals surface area contributed by atoms with Crippen molar-refractivity contribution in [1.29, 1.82) is 0 Å². The van der Waals surface area contributed by atoms with E-state index >= 15 is 0 Å². The number of halogens is 2. The van der Waals surface area contributed by atoms with Gasteiger partial charge in [0, 0.05) is 34.0 Å². The molecule has 5 heteroatoms. The Bertz CT molecular complexity index is 717. The molecule has 2 aromatic heterocycles. The van der Waals surface area contributed by atoms with Crippen LogP contribution in [0.3, 0.4) is 0 Å². The van der Waals surface area contributed by atoms with Crippen LogP contribution in [-0.2, 0) is 13.1 Å². The number of hydrogen-bond acceptors (Lipinski definition) is 3. The summed E-state index contributed by atoms with van der Waals surface area (Å²) in [5.41, 5.74) is 2.28. The van der Waals surface area contributed by atoms with Crippen LogP contribution in [0.2, 0.25) is 4.34 Å². The van der Waals surface area contributed by atoms with Crippen molar-refractivity contribution >= 4 is 49.8 Å². The van der Waals surface area contributed by atoms with Crippen LogP contribution in [0.1, 0.15) is 10.4 Å². The first-order valence-electron chi connectivity index (χ1n) is 6.21. The van der Waals surface area contributed by atoms with Gasteiger partial charge in [-0.05, 0) is 33.6 Å². The number of nitrogens with one attached hydrogen (secondary N) is 1. The van der Waals surface area contributed by atoms with Crippen molar-refractivity contribution in [3.63, 3.8) is 0 Å². The van der Waals surface area contributed by atoms with Crippen LogP contribution < -0.4 is 5.32 Å². The molecule has 0 spiro atoms. The van der Waals surface area contributed by atoms with Crippen LogP contribution in [0.25, 0.3) is 10.9 Å². The largest absolute Gasteiger partial charge is 0.308 e. The molecule has 0 aliphatic rings. The molecule has 0 amide bonds. The molecular formula is C15H12BrClN2S. The number of pyridine rings is 1. The van der Waals surface area contributed by atoms with Gasteiger partial charge in [0.1, 0.15) is 4.34 Å². The van der Waals surface area contributed by atoms with Crippen LogP contribution in [0, 0.1) is 0 Å². The van der Waals surface area contributed by atoms with E-state index in [1.54, 1.807) is 11.3 Å². The van der Waals surface area contributed by atoms with Crippen molar-refractivity contribution in [1.82, 2.24) is 10.3 Å². The third-order valence-corrected chi connectivity index (χ3v) is 5.50. The summed E-state index contributed by atoms with van der Waals surface area (Å²) in [6.45, 7) is 1.60. The van der Waals surface area contributed by atoms with Gasteiger partial charge in [0.25, 0.3) is 0 Å². The first-order chi connectivity index (χ1) is 9.74. The summed E-state index contributed by atoms with van der Waals surface area (Å²) in [7, 11) is 0. The Kier molecular flexibility index (Phi) is 4.36. The molecule has 0 radical (unpaired) electrons. The monoisotopic (exact) mass is 366 g/mol. The maximum Gasteiger partial charge on any atom is 0.107 e. The molecule has 2 heterocycles. The molecule has 20 heavy (non-hydrogen) atoms. The van der Waals surface area contributed by atoms with E-state index in [9.17, 15) is 0 Å². The molecular weight excluding hydrogens is 356 g/mol. The highest BCUT2D eigenvalue weighted by molar-refractivity contribution is 9.10. The maximum atomic E-state index is 6.04. The number of hydrogen-bond donors (Lipinski definition) is 1. The van der Waals surface area contributed by atoms with E-state index < -0.39 is 0 Å². The highest BCUT2D eigenvalue weighted by Crippen LogP contribution is 2.31. The third kappa shape index (κ3) is 3.04. The van der Waals surface area contributed by atoms with Gasteiger partial charge in [0.15, 0.2) is 0 Å².